The van der Waals surface area contributed by atoms with Crippen LogP contribution in [0.2, 0.25) is 0 Å². The van der Waals surface area contributed by atoms with E-state index < -0.39 is 10.0 Å². The number of furan rings is 1. The molecule has 0 spiro atoms. The van der Waals surface area contributed by atoms with Crippen LogP contribution in [0, 0.1) is 0 Å². The Morgan fingerprint density at radius 1 is 1.00 bits per heavy atom. The van der Waals surface area contributed by atoms with Crippen LogP contribution in [0.25, 0.3) is 0 Å². The Hall–Kier alpha value is -1.79. The predicted molar refractivity (Wildman–Crippen MR) is 60.9 cm³/mol. The first-order valence-corrected chi connectivity index (χ1v) is 5.90. The molecular weight excluding hydrogens is 228 g/mol. The molecule has 0 radical (unpaired) electrons. The van der Waals surface area contributed by atoms with Crippen molar-refractivity contribution in [2.75, 3.05) is 5.73 Å². The third kappa shape index (κ3) is 4.16. The number of nitrogens with two attached hydrogens (primary N) is 2. The maximum Gasteiger partial charge on any atom is 0.238 e. The Bertz CT molecular complexity index is 486. The maximum atomic E-state index is 10.7. The molecule has 1 heterocycles. The van der Waals surface area contributed by atoms with Crippen molar-refractivity contribution in [2.24, 2.45) is 5.14 Å². The molecule has 16 heavy (non-hydrogen) atoms. The molecule has 0 amide bonds. The smallest absolute Gasteiger partial charge is 0.238 e. The van der Waals surface area contributed by atoms with E-state index >= 15 is 0 Å². The zero-order valence-corrected chi connectivity index (χ0v) is 9.22. The molecule has 0 fully saturated rings. The van der Waals surface area contributed by atoms with E-state index in [-0.39, 0.29) is 4.90 Å². The second-order valence-electron chi connectivity index (χ2n) is 2.91. The van der Waals surface area contributed by atoms with E-state index in [1.54, 1.807) is 12.5 Å². The molecule has 2 rings (SSSR count). The Morgan fingerprint density at radius 3 is 1.81 bits per heavy atom. The van der Waals surface area contributed by atoms with Crippen molar-refractivity contribution in [2.45, 2.75) is 4.90 Å². The van der Waals surface area contributed by atoms with Gasteiger partial charge in [-0.2, -0.15) is 0 Å². The molecule has 4 N–H and O–H groups in total. The highest BCUT2D eigenvalue weighted by atomic mass is 32.2. The molecule has 86 valence electrons. The van der Waals surface area contributed by atoms with Crippen molar-refractivity contribution in [1.29, 1.82) is 0 Å². The van der Waals surface area contributed by atoms with Gasteiger partial charge in [0.15, 0.2) is 0 Å². The molecule has 0 saturated heterocycles. The minimum Gasteiger partial charge on any atom is -0.473 e. The summed E-state index contributed by atoms with van der Waals surface area (Å²) in [5.41, 5.74) is 5.85. The highest BCUT2D eigenvalue weighted by Gasteiger charge is 2.04. The Kier molecular flexibility index (Phi) is 4.10. The lowest BCUT2D eigenvalue weighted by Gasteiger charge is -1.96. The van der Waals surface area contributed by atoms with E-state index in [2.05, 4.69) is 4.42 Å². The van der Waals surface area contributed by atoms with E-state index in [0.717, 1.165) is 0 Å². The van der Waals surface area contributed by atoms with E-state index in [9.17, 15) is 8.42 Å². The van der Waals surface area contributed by atoms with Crippen LogP contribution in [-0.2, 0) is 10.0 Å². The molecule has 6 heteroatoms. The van der Waals surface area contributed by atoms with Crippen molar-refractivity contribution in [1.82, 2.24) is 0 Å². The van der Waals surface area contributed by atoms with Gasteiger partial charge in [0, 0.05) is 5.69 Å². The molecule has 5 nitrogen and oxygen atoms in total. The van der Waals surface area contributed by atoms with E-state index in [1.165, 1.54) is 24.3 Å². The third-order valence-corrected chi connectivity index (χ3v) is 2.56. The van der Waals surface area contributed by atoms with Crippen LogP contribution in [-0.4, -0.2) is 8.42 Å². The number of nitrogen functional groups attached to an aromatic ring is 1. The largest absolute Gasteiger partial charge is 0.473 e. The molecule has 0 aliphatic carbocycles. The van der Waals surface area contributed by atoms with Gasteiger partial charge in [-0.25, -0.2) is 13.6 Å². The van der Waals surface area contributed by atoms with Gasteiger partial charge >= 0.3 is 0 Å². The minimum atomic E-state index is -3.58. The lowest BCUT2D eigenvalue weighted by atomic mass is 10.3. The monoisotopic (exact) mass is 240 g/mol. The number of hydrogen-bond acceptors (Lipinski definition) is 4. The molecule has 0 atom stereocenters. The van der Waals surface area contributed by atoms with Crippen LogP contribution in [0.4, 0.5) is 5.69 Å². The second kappa shape index (κ2) is 5.34. The molecule has 0 aliphatic heterocycles. The normalized spacial score (nSPS) is 10.3. The van der Waals surface area contributed by atoms with Crippen LogP contribution < -0.4 is 10.9 Å². The topological polar surface area (TPSA) is 99.3 Å². The van der Waals surface area contributed by atoms with Gasteiger partial charge in [0.1, 0.15) is 0 Å². The van der Waals surface area contributed by atoms with Gasteiger partial charge in [-0.05, 0) is 36.4 Å². The number of rotatable bonds is 1. The molecule has 2 aromatic rings. The van der Waals surface area contributed by atoms with Gasteiger partial charge in [0.25, 0.3) is 0 Å². The van der Waals surface area contributed by atoms with Crippen molar-refractivity contribution >= 4 is 15.7 Å². The van der Waals surface area contributed by atoms with E-state index in [0.29, 0.717) is 5.69 Å². The van der Waals surface area contributed by atoms with Crippen LogP contribution in [0.15, 0.2) is 58.2 Å². The Morgan fingerprint density at radius 2 is 1.50 bits per heavy atom. The van der Waals surface area contributed by atoms with Crippen molar-refractivity contribution in [3.8, 4) is 0 Å². The summed E-state index contributed by atoms with van der Waals surface area (Å²) in [5.74, 6) is 0. The maximum absolute atomic E-state index is 10.7. The molecular formula is C10H12N2O3S. The fraction of sp³-hybridized carbons (Fsp3) is 0. The second-order valence-corrected chi connectivity index (χ2v) is 4.47. The Balaban J connectivity index is 0.000000212. The van der Waals surface area contributed by atoms with E-state index in [1.807, 2.05) is 12.1 Å². The summed E-state index contributed by atoms with van der Waals surface area (Å²) in [6.07, 6.45) is 3.25. The molecule has 1 aromatic heterocycles. The highest BCUT2D eigenvalue weighted by Crippen LogP contribution is 2.08. The summed E-state index contributed by atoms with van der Waals surface area (Å²) in [6, 6.07) is 9.37. The van der Waals surface area contributed by atoms with Gasteiger partial charge in [-0.15, -0.1) is 0 Å². The SMILES string of the molecule is Nc1ccc(S(N)(=O)=O)cc1.c1ccoc1. The zero-order valence-electron chi connectivity index (χ0n) is 8.41. The van der Waals surface area contributed by atoms with E-state index in [4.69, 9.17) is 10.9 Å². The van der Waals surface area contributed by atoms with Crippen molar-refractivity contribution in [3.63, 3.8) is 0 Å². The number of anilines is 1. The number of primary sulfonamides is 1. The standard InChI is InChI=1S/C6H8N2O2S.C4H4O/c7-5-1-3-6(4-2-5)11(8,9)10;1-2-4-5-3-1/h1-4H,7H2,(H2,8,9,10);1-4H. The molecule has 1 aromatic carbocycles. The fourth-order valence-electron chi connectivity index (χ4n) is 0.884. The quantitative estimate of drug-likeness (QED) is 0.731. The van der Waals surface area contributed by atoms with Crippen LogP contribution in [0.5, 0.6) is 0 Å². The van der Waals surface area contributed by atoms with Gasteiger partial charge in [-0.1, -0.05) is 0 Å². The summed E-state index contributed by atoms with van der Waals surface area (Å²) in [5, 5.41) is 4.84. The average Bonchev–Trinajstić information content (AvgIpc) is 2.74. The van der Waals surface area contributed by atoms with Crippen LogP contribution in [0.1, 0.15) is 0 Å². The van der Waals surface area contributed by atoms with Crippen LogP contribution >= 0.6 is 0 Å². The first-order valence-electron chi connectivity index (χ1n) is 4.35. The predicted octanol–water partition coefficient (Wildman–Crippen LogP) is 1.20. The number of sulfonamides is 1. The van der Waals surface area contributed by atoms with Crippen LogP contribution in [0.3, 0.4) is 0 Å². The lowest BCUT2D eigenvalue weighted by molar-refractivity contribution is 0.567. The summed E-state index contributed by atoms with van der Waals surface area (Å²) in [7, 11) is -3.58. The average molecular weight is 240 g/mol. The van der Waals surface area contributed by atoms with Crippen molar-refractivity contribution < 1.29 is 12.8 Å². The van der Waals surface area contributed by atoms with Crippen molar-refractivity contribution in [3.05, 3.63) is 48.9 Å². The molecule has 0 bridgehead atoms. The summed E-state index contributed by atoms with van der Waals surface area (Å²) in [4.78, 5) is 0.0756. The summed E-state index contributed by atoms with van der Waals surface area (Å²) < 4.78 is 25.9. The lowest BCUT2D eigenvalue weighted by Crippen LogP contribution is -2.11. The molecule has 0 saturated carbocycles. The summed E-state index contributed by atoms with van der Waals surface area (Å²) >= 11 is 0. The zero-order chi connectivity index (χ0) is 12.0. The van der Waals surface area contributed by atoms with Gasteiger partial charge in [0.05, 0.1) is 17.4 Å². The highest BCUT2D eigenvalue weighted by molar-refractivity contribution is 7.89. The van der Waals surface area contributed by atoms with Gasteiger partial charge in [0.2, 0.25) is 10.0 Å². The third-order valence-electron chi connectivity index (χ3n) is 1.63. The minimum absolute atomic E-state index is 0.0756. The number of hydrogen-bond donors (Lipinski definition) is 2. The summed E-state index contributed by atoms with van der Waals surface area (Å²) in [6.45, 7) is 0. The molecule has 0 unspecified atom stereocenters. The van der Waals surface area contributed by atoms with Gasteiger partial charge < -0.3 is 10.2 Å². The Labute approximate surface area is 93.7 Å². The fourth-order valence-corrected chi connectivity index (χ4v) is 1.40. The first-order chi connectivity index (χ1) is 7.50. The first kappa shape index (κ1) is 12.3. The molecule has 0 aliphatic rings. The van der Waals surface area contributed by atoms with Gasteiger partial charge in [-0.3, -0.25) is 0 Å². The number of benzene rings is 1.